The van der Waals surface area contributed by atoms with Gasteiger partial charge in [-0.1, -0.05) is 0 Å². The lowest BCUT2D eigenvalue weighted by Crippen LogP contribution is -2.22. The Balaban J connectivity index is 1.88. The Kier molecular flexibility index (Phi) is 4.01. The minimum atomic E-state index is -2.02. The molecule has 9 nitrogen and oxygen atoms in total. The molecule has 10 heteroatoms. The van der Waals surface area contributed by atoms with Crippen molar-refractivity contribution < 1.29 is 19.6 Å². The van der Waals surface area contributed by atoms with Crippen LogP contribution in [0.3, 0.4) is 0 Å². The fourth-order valence-electron chi connectivity index (χ4n) is 2.63. The standard InChI is InChI=1S/C11H16N5O4P/c12-10-9-11(14-4-13-10)16(5-15-9)8-1-6(3-21(18)19)7(2-17)20-8/h4-8,17-19H,1-3H2,(H2,12,13,14)/t6-,7-,8-/m1/s1. The van der Waals surface area contributed by atoms with Crippen LogP contribution in [-0.2, 0) is 4.74 Å². The summed E-state index contributed by atoms with van der Waals surface area (Å²) in [6, 6.07) is 0. The van der Waals surface area contributed by atoms with Crippen molar-refractivity contribution in [3.05, 3.63) is 12.7 Å². The molecule has 1 aliphatic heterocycles. The zero-order chi connectivity index (χ0) is 15.0. The molecule has 3 atom stereocenters. The molecule has 0 aromatic carbocycles. The van der Waals surface area contributed by atoms with E-state index in [1.807, 2.05) is 0 Å². The molecule has 0 spiro atoms. The molecular formula is C11H16N5O4P. The van der Waals surface area contributed by atoms with Gasteiger partial charge in [0.25, 0.3) is 0 Å². The first-order valence-electron chi connectivity index (χ1n) is 6.44. The maximum Gasteiger partial charge on any atom is 0.167 e. The predicted octanol–water partition coefficient (Wildman–Crippen LogP) is -0.399. The Bertz CT molecular complexity index is 636. The summed E-state index contributed by atoms with van der Waals surface area (Å²) in [5.41, 5.74) is 6.80. The summed E-state index contributed by atoms with van der Waals surface area (Å²) < 4.78 is 7.51. The molecule has 1 saturated heterocycles. The van der Waals surface area contributed by atoms with E-state index >= 15 is 0 Å². The van der Waals surface area contributed by atoms with Crippen LogP contribution in [0.5, 0.6) is 0 Å². The second kappa shape index (κ2) is 5.78. The van der Waals surface area contributed by atoms with Gasteiger partial charge in [-0.3, -0.25) is 4.57 Å². The molecule has 0 saturated carbocycles. The van der Waals surface area contributed by atoms with Gasteiger partial charge in [0.15, 0.2) is 19.8 Å². The van der Waals surface area contributed by atoms with Gasteiger partial charge in [-0.25, -0.2) is 15.0 Å². The number of anilines is 1. The highest BCUT2D eigenvalue weighted by Gasteiger charge is 2.37. The normalized spacial score (nSPS) is 26.0. The van der Waals surface area contributed by atoms with E-state index in [0.717, 1.165) is 0 Å². The average Bonchev–Trinajstić information content (AvgIpc) is 3.02. The fraction of sp³-hybridized carbons (Fsp3) is 0.545. The number of fused-ring (bicyclic) bond motifs is 1. The highest BCUT2D eigenvalue weighted by atomic mass is 31.2. The molecule has 3 heterocycles. The van der Waals surface area contributed by atoms with Crippen LogP contribution < -0.4 is 5.73 Å². The summed E-state index contributed by atoms with van der Waals surface area (Å²) in [7, 11) is -2.02. The maximum atomic E-state index is 9.37. The zero-order valence-corrected chi connectivity index (χ0v) is 12.0. The lowest BCUT2D eigenvalue weighted by Gasteiger charge is -2.15. The largest absolute Gasteiger partial charge is 0.394 e. The smallest absolute Gasteiger partial charge is 0.167 e. The van der Waals surface area contributed by atoms with Gasteiger partial charge >= 0.3 is 0 Å². The van der Waals surface area contributed by atoms with Crippen LogP contribution >= 0.6 is 8.38 Å². The summed E-state index contributed by atoms with van der Waals surface area (Å²) in [5, 5.41) is 9.37. The molecule has 2 aromatic heterocycles. The van der Waals surface area contributed by atoms with Crippen LogP contribution in [-0.4, -0.2) is 53.3 Å². The predicted molar refractivity (Wildman–Crippen MR) is 75.1 cm³/mol. The molecule has 0 aliphatic carbocycles. The van der Waals surface area contributed by atoms with E-state index in [4.69, 9.17) is 10.5 Å². The highest BCUT2D eigenvalue weighted by molar-refractivity contribution is 7.45. The molecule has 1 fully saturated rings. The number of aliphatic hydroxyl groups is 1. The van der Waals surface area contributed by atoms with Crippen LogP contribution in [0.25, 0.3) is 11.2 Å². The SMILES string of the molecule is Nc1ncnc2c1ncn2[C@H]1C[C@H](CP(O)O)[C@@H](CO)O1. The number of imidazole rings is 1. The molecular weight excluding hydrogens is 297 g/mol. The van der Waals surface area contributed by atoms with Gasteiger partial charge in [0.05, 0.1) is 19.0 Å². The highest BCUT2D eigenvalue weighted by Crippen LogP contribution is 2.40. The van der Waals surface area contributed by atoms with Crippen LogP contribution in [0.15, 0.2) is 12.7 Å². The Hall–Kier alpha value is -1.38. The van der Waals surface area contributed by atoms with Gasteiger partial charge in [-0.05, 0) is 12.3 Å². The number of hydrogen-bond acceptors (Lipinski definition) is 8. The van der Waals surface area contributed by atoms with E-state index in [1.54, 1.807) is 10.9 Å². The number of hydrogen-bond donors (Lipinski definition) is 4. The van der Waals surface area contributed by atoms with E-state index in [2.05, 4.69) is 15.0 Å². The van der Waals surface area contributed by atoms with E-state index in [9.17, 15) is 14.9 Å². The van der Waals surface area contributed by atoms with Crippen molar-refractivity contribution in [1.29, 1.82) is 0 Å². The van der Waals surface area contributed by atoms with Crippen molar-refractivity contribution in [2.75, 3.05) is 18.5 Å². The Morgan fingerprint density at radius 3 is 2.90 bits per heavy atom. The monoisotopic (exact) mass is 313 g/mol. The lowest BCUT2D eigenvalue weighted by molar-refractivity contribution is -0.0276. The molecule has 2 aromatic rings. The quantitative estimate of drug-likeness (QED) is 0.559. The Labute approximate surface area is 121 Å². The minimum Gasteiger partial charge on any atom is -0.394 e. The number of rotatable bonds is 4. The number of nitrogen functional groups attached to an aromatic ring is 1. The molecule has 0 unspecified atom stereocenters. The first-order chi connectivity index (χ1) is 10.1. The summed E-state index contributed by atoms with van der Waals surface area (Å²) >= 11 is 0. The van der Waals surface area contributed by atoms with Gasteiger partial charge < -0.3 is 25.4 Å². The lowest BCUT2D eigenvalue weighted by atomic mass is 10.0. The molecule has 0 bridgehead atoms. The van der Waals surface area contributed by atoms with Crippen molar-refractivity contribution in [3.8, 4) is 0 Å². The van der Waals surface area contributed by atoms with Gasteiger partial charge in [-0.2, -0.15) is 0 Å². The third kappa shape index (κ3) is 2.70. The summed E-state index contributed by atoms with van der Waals surface area (Å²) in [6.07, 6.45) is 2.86. The van der Waals surface area contributed by atoms with Gasteiger partial charge in [0.2, 0.25) is 0 Å². The van der Waals surface area contributed by atoms with E-state index < -0.39 is 14.5 Å². The van der Waals surface area contributed by atoms with E-state index in [0.29, 0.717) is 23.4 Å². The molecule has 3 rings (SSSR count). The Morgan fingerprint density at radius 2 is 2.19 bits per heavy atom. The van der Waals surface area contributed by atoms with Crippen LogP contribution in [0.4, 0.5) is 5.82 Å². The molecule has 1 aliphatic rings. The van der Waals surface area contributed by atoms with Crippen LogP contribution in [0, 0.1) is 5.92 Å². The van der Waals surface area contributed by atoms with Gasteiger partial charge in [0.1, 0.15) is 18.1 Å². The third-order valence-corrected chi connectivity index (χ3v) is 4.43. The first-order valence-corrected chi connectivity index (χ1v) is 7.88. The number of aliphatic hydroxyl groups excluding tert-OH is 1. The van der Waals surface area contributed by atoms with Gasteiger partial charge in [0, 0.05) is 6.16 Å². The maximum absolute atomic E-state index is 9.37. The number of aromatic nitrogens is 4. The van der Waals surface area contributed by atoms with Crippen molar-refractivity contribution in [1.82, 2.24) is 19.5 Å². The minimum absolute atomic E-state index is 0.127. The summed E-state index contributed by atoms with van der Waals surface area (Å²) in [4.78, 5) is 30.6. The average molecular weight is 313 g/mol. The van der Waals surface area contributed by atoms with Crippen LogP contribution in [0.2, 0.25) is 0 Å². The van der Waals surface area contributed by atoms with Crippen molar-refractivity contribution in [3.63, 3.8) is 0 Å². The van der Waals surface area contributed by atoms with Crippen molar-refractivity contribution in [2.45, 2.75) is 18.8 Å². The van der Waals surface area contributed by atoms with Crippen molar-refractivity contribution >= 4 is 25.4 Å². The molecule has 5 N–H and O–H groups in total. The molecule has 21 heavy (non-hydrogen) atoms. The summed E-state index contributed by atoms with van der Waals surface area (Å²) in [5.74, 6) is 0.166. The van der Waals surface area contributed by atoms with E-state index in [1.165, 1.54) is 6.33 Å². The number of ether oxygens (including phenoxy) is 1. The third-order valence-electron chi connectivity index (χ3n) is 3.64. The molecule has 0 amide bonds. The zero-order valence-electron chi connectivity index (χ0n) is 11.1. The van der Waals surface area contributed by atoms with Crippen LogP contribution in [0.1, 0.15) is 12.6 Å². The van der Waals surface area contributed by atoms with Crippen molar-refractivity contribution in [2.24, 2.45) is 5.92 Å². The molecule has 114 valence electrons. The number of nitrogens with zero attached hydrogens (tertiary/aromatic N) is 4. The second-order valence-electron chi connectivity index (χ2n) is 4.95. The Morgan fingerprint density at radius 1 is 1.38 bits per heavy atom. The van der Waals surface area contributed by atoms with E-state index in [-0.39, 0.29) is 24.9 Å². The second-order valence-corrected chi connectivity index (χ2v) is 6.06. The molecule has 0 radical (unpaired) electrons. The van der Waals surface area contributed by atoms with Gasteiger partial charge in [-0.15, -0.1) is 0 Å². The fourth-order valence-corrected chi connectivity index (χ4v) is 3.44. The topological polar surface area (TPSA) is 140 Å². The summed E-state index contributed by atoms with van der Waals surface area (Å²) in [6.45, 7) is -0.173. The first kappa shape index (κ1) is 14.6. The number of nitrogens with two attached hydrogens (primary N) is 1.